The molecule has 0 saturated heterocycles. The second-order valence-corrected chi connectivity index (χ2v) is 3.80. The van der Waals surface area contributed by atoms with Gasteiger partial charge in [-0.15, -0.1) is 0 Å². The number of carbonyl (C=O) groups excluding carboxylic acids is 1. The maximum Gasteiger partial charge on any atom is 0.240 e. The number of likely N-dealkylation sites (N-methyl/N-ethyl adjacent to an activating group) is 1. The van der Waals surface area contributed by atoms with E-state index < -0.39 is 0 Å². The van der Waals surface area contributed by atoms with Crippen LogP contribution in [0, 0.1) is 5.82 Å². The minimum Gasteiger partial charge on any atom is -0.371 e. The van der Waals surface area contributed by atoms with Gasteiger partial charge in [-0.2, -0.15) is 0 Å². The first kappa shape index (κ1) is 10.9. The van der Waals surface area contributed by atoms with E-state index in [1.165, 1.54) is 12.1 Å². The van der Waals surface area contributed by atoms with E-state index in [-0.39, 0.29) is 18.3 Å². The average molecular weight is 223 g/mol. The van der Waals surface area contributed by atoms with Crippen LogP contribution in [0.5, 0.6) is 0 Å². The van der Waals surface area contributed by atoms with Gasteiger partial charge in [-0.3, -0.25) is 4.79 Å². The highest BCUT2D eigenvalue weighted by atomic mass is 19.1. The summed E-state index contributed by atoms with van der Waals surface area (Å²) in [6, 6.07) is 4.41. The number of halogens is 1. The topological polar surface area (TPSA) is 49.6 Å². The van der Waals surface area contributed by atoms with Gasteiger partial charge in [-0.25, -0.2) is 4.39 Å². The van der Waals surface area contributed by atoms with Crippen LogP contribution in [0.15, 0.2) is 18.2 Å². The van der Waals surface area contributed by atoms with Gasteiger partial charge in [-0.05, 0) is 18.2 Å². The lowest BCUT2D eigenvalue weighted by molar-refractivity contribution is -0.117. The minimum absolute atomic E-state index is 0.0273. The van der Waals surface area contributed by atoms with Crippen LogP contribution in [0.2, 0.25) is 0 Å². The molecule has 0 spiro atoms. The molecule has 2 rings (SSSR count). The number of hydrogen-bond donors (Lipinski definition) is 1. The van der Waals surface area contributed by atoms with Crippen molar-refractivity contribution in [2.24, 2.45) is 5.73 Å². The predicted octanol–water partition coefficient (Wildman–Crippen LogP) is 0.567. The van der Waals surface area contributed by atoms with Crippen LogP contribution in [-0.2, 0) is 4.79 Å². The number of benzene rings is 1. The van der Waals surface area contributed by atoms with Crippen molar-refractivity contribution in [3.63, 3.8) is 0 Å². The third kappa shape index (κ3) is 1.74. The molecule has 1 aliphatic rings. The highest BCUT2D eigenvalue weighted by Gasteiger charge is 2.24. The van der Waals surface area contributed by atoms with Crippen LogP contribution >= 0.6 is 0 Å². The molecule has 5 heteroatoms. The number of hydrogen-bond acceptors (Lipinski definition) is 3. The standard InChI is InChI=1S/C11H14FN3O/c1-14-4-5-15(11(16)7-13)9-3-2-8(12)6-10(9)14/h2-3,6H,4-5,7,13H2,1H3. The summed E-state index contributed by atoms with van der Waals surface area (Å²) >= 11 is 0. The van der Waals surface area contributed by atoms with E-state index in [1.807, 2.05) is 11.9 Å². The zero-order valence-corrected chi connectivity index (χ0v) is 9.11. The number of anilines is 2. The normalized spacial score (nSPS) is 14.9. The molecule has 1 aromatic rings. The first-order valence-corrected chi connectivity index (χ1v) is 5.14. The zero-order valence-electron chi connectivity index (χ0n) is 9.11. The smallest absolute Gasteiger partial charge is 0.240 e. The fourth-order valence-corrected chi connectivity index (χ4v) is 1.89. The zero-order chi connectivity index (χ0) is 11.7. The lowest BCUT2D eigenvalue weighted by atomic mass is 10.1. The Labute approximate surface area is 93.4 Å². The highest BCUT2D eigenvalue weighted by Crippen LogP contribution is 2.32. The van der Waals surface area contributed by atoms with E-state index in [0.29, 0.717) is 13.1 Å². The van der Waals surface area contributed by atoms with Crippen LogP contribution in [-0.4, -0.2) is 32.6 Å². The van der Waals surface area contributed by atoms with Crippen molar-refractivity contribution in [1.29, 1.82) is 0 Å². The molecule has 86 valence electrons. The van der Waals surface area contributed by atoms with Crippen molar-refractivity contribution in [3.05, 3.63) is 24.0 Å². The molecule has 1 amide bonds. The molecule has 0 bridgehead atoms. The van der Waals surface area contributed by atoms with Crippen molar-refractivity contribution >= 4 is 17.3 Å². The van der Waals surface area contributed by atoms with Crippen LogP contribution in [0.25, 0.3) is 0 Å². The fourth-order valence-electron chi connectivity index (χ4n) is 1.89. The number of amides is 1. The molecule has 0 atom stereocenters. The second-order valence-electron chi connectivity index (χ2n) is 3.80. The van der Waals surface area contributed by atoms with E-state index >= 15 is 0 Å². The predicted molar refractivity (Wildman–Crippen MR) is 61.1 cm³/mol. The molecule has 2 N–H and O–H groups in total. The lowest BCUT2D eigenvalue weighted by Gasteiger charge is -2.35. The summed E-state index contributed by atoms with van der Waals surface area (Å²) in [5.41, 5.74) is 6.80. The van der Waals surface area contributed by atoms with E-state index in [4.69, 9.17) is 5.73 Å². The maximum atomic E-state index is 13.1. The van der Waals surface area contributed by atoms with Crippen molar-refractivity contribution in [2.75, 3.05) is 36.5 Å². The molecule has 1 aromatic carbocycles. The van der Waals surface area contributed by atoms with Crippen molar-refractivity contribution < 1.29 is 9.18 Å². The molecule has 1 aliphatic heterocycles. The van der Waals surface area contributed by atoms with Gasteiger partial charge in [0.05, 0.1) is 17.9 Å². The molecule has 4 nitrogen and oxygen atoms in total. The highest BCUT2D eigenvalue weighted by molar-refractivity contribution is 5.98. The SMILES string of the molecule is CN1CCN(C(=O)CN)c2ccc(F)cc21. The first-order chi connectivity index (χ1) is 7.63. The Morgan fingerprint density at radius 3 is 2.88 bits per heavy atom. The largest absolute Gasteiger partial charge is 0.371 e. The van der Waals surface area contributed by atoms with Gasteiger partial charge in [0, 0.05) is 20.1 Å². The molecule has 0 radical (unpaired) electrons. The number of carbonyl (C=O) groups is 1. The quantitative estimate of drug-likeness (QED) is 0.757. The maximum absolute atomic E-state index is 13.1. The Morgan fingerprint density at radius 1 is 1.44 bits per heavy atom. The lowest BCUT2D eigenvalue weighted by Crippen LogP contribution is -2.45. The average Bonchev–Trinajstić information content (AvgIpc) is 2.29. The number of fused-ring (bicyclic) bond motifs is 1. The monoisotopic (exact) mass is 223 g/mol. The van der Waals surface area contributed by atoms with Crippen LogP contribution in [0.3, 0.4) is 0 Å². The molecule has 16 heavy (non-hydrogen) atoms. The molecule has 0 aromatic heterocycles. The van der Waals surface area contributed by atoms with Crippen molar-refractivity contribution in [3.8, 4) is 0 Å². The summed E-state index contributed by atoms with van der Waals surface area (Å²) in [6.07, 6.45) is 0. The van der Waals surface area contributed by atoms with Gasteiger partial charge < -0.3 is 15.5 Å². The molecule has 1 heterocycles. The minimum atomic E-state index is -0.298. The molecule has 0 fully saturated rings. The van der Waals surface area contributed by atoms with Gasteiger partial charge in [0.1, 0.15) is 5.82 Å². The Kier molecular flexibility index (Phi) is 2.78. The molecule has 0 aliphatic carbocycles. The van der Waals surface area contributed by atoms with Crippen LogP contribution in [0.1, 0.15) is 0 Å². The van der Waals surface area contributed by atoms with E-state index in [2.05, 4.69) is 0 Å². The Bertz CT molecular complexity index is 422. The summed E-state index contributed by atoms with van der Waals surface area (Å²) in [6.45, 7) is 1.24. The molecule has 0 saturated carbocycles. The van der Waals surface area contributed by atoms with Gasteiger partial charge in [0.2, 0.25) is 5.91 Å². The summed E-state index contributed by atoms with van der Waals surface area (Å²) in [5, 5.41) is 0. The van der Waals surface area contributed by atoms with Gasteiger partial charge in [0.15, 0.2) is 0 Å². The van der Waals surface area contributed by atoms with Crippen molar-refractivity contribution in [1.82, 2.24) is 0 Å². The number of rotatable bonds is 1. The molecular formula is C11H14FN3O. The van der Waals surface area contributed by atoms with Crippen molar-refractivity contribution in [2.45, 2.75) is 0 Å². The fraction of sp³-hybridized carbons (Fsp3) is 0.364. The van der Waals surface area contributed by atoms with Crippen LogP contribution in [0.4, 0.5) is 15.8 Å². The Morgan fingerprint density at radius 2 is 2.19 bits per heavy atom. The summed E-state index contributed by atoms with van der Waals surface area (Å²) in [7, 11) is 1.88. The van der Waals surface area contributed by atoms with E-state index in [0.717, 1.165) is 11.4 Å². The molecule has 0 unspecified atom stereocenters. The second kappa shape index (κ2) is 4.09. The summed E-state index contributed by atoms with van der Waals surface area (Å²) in [4.78, 5) is 15.1. The van der Waals surface area contributed by atoms with Crippen LogP contribution < -0.4 is 15.5 Å². The Balaban J connectivity index is 2.44. The summed E-state index contributed by atoms with van der Waals surface area (Å²) in [5.74, 6) is -0.436. The summed E-state index contributed by atoms with van der Waals surface area (Å²) < 4.78 is 13.1. The Hall–Kier alpha value is -1.62. The van der Waals surface area contributed by atoms with Gasteiger partial charge in [-0.1, -0.05) is 0 Å². The molecular weight excluding hydrogens is 209 g/mol. The number of nitrogens with zero attached hydrogens (tertiary/aromatic N) is 2. The third-order valence-electron chi connectivity index (χ3n) is 2.77. The number of nitrogens with two attached hydrogens (primary N) is 1. The van der Waals surface area contributed by atoms with E-state index in [9.17, 15) is 9.18 Å². The van der Waals surface area contributed by atoms with Gasteiger partial charge >= 0.3 is 0 Å². The first-order valence-electron chi connectivity index (χ1n) is 5.14. The third-order valence-corrected chi connectivity index (χ3v) is 2.77. The van der Waals surface area contributed by atoms with E-state index in [1.54, 1.807) is 11.0 Å². The van der Waals surface area contributed by atoms with Gasteiger partial charge in [0.25, 0.3) is 0 Å².